The zero-order valence-corrected chi connectivity index (χ0v) is 9.39. The van der Waals surface area contributed by atoms with E-state index in [1.165, 1.54) is 25.7 Å². The summed E-state index contributed by atoms with van der Waals surface area (Å²) >= 11 is 5.18. The molecule has 5 heteroatoms. The molecule has 0 bridgehead atoms. The van der Waals surface area contributed by atoms with Gasteiger partial charge in [0.25, 0.3) is 0 Å². The Balaban J connectivity index is 1.86. The number of aliphatic hydroxyl groups is 1. The number of hydrogen-bond acceptors (Lipinski definition) is 3. The molecule has 4 nitrogen and oxygen atoms in total. The van der Waals surface area contributed by atoms with Gasteiger partial charge >= 0.3 is 0 Å². The van der Waals surface area contributed by atoms with Crippen LogP contribution in [0, 0.1) is 16.1 Å². The normalized spacial score (nSPS) is 23.0. The number of nitrogens with zero attached hydrogens (tertiary/aromatic N) is 2. The number of nitrogens with one attached hydrogen (secondary N) is 1. The number of aromatic amines is 1. The standard InChI is InChI=1S/C10H15N3OS/c14-5-8-11-12-9(15)13(8)6-10(3-4-10)7-1-2-7/h7,14H,1-6H2,(H,12,15). The molecule has 0 amide bonds. The van der Waals surface area contributed by atoms with Crippen molar-refractivity contribution >= 4 is 12.2 Å². The van der Waals surface area contributed by atoms with Crippen LogP contribution in [-0.2, 0) is 13.2 Å². The Bertz CT molecular complexity index is 428. The van der Waals surface area contributed by atoms with Gasteiger partial charge in [-0.05, 0) is 49.2 Å². The van der Waals surface area contributed by atoms with Crippen molar-refractivity contribution in [3.63, 3.8) is 0 Å². The molecule has 2 saturated carbocycles. The van der Waals surface area contributed by atoms with Crippen molar-refractivity contribution < 1.29 is 5.11 Å². The van der Waals surface area contributed by atoms with Crippen LogP contribution in [0.25, 0.3) is 0 Å². The summed E-state index contributed by atoms with van der Waals surface area (Å²) in [6, 6.07) is 0. The van der Waals surface area contributed by atoms with Crippen LogP contribution in [0.2, 0.25) is 0 Å². The second kappa shape index (κ2) is 3.15. The van der Waals surface area contributed by atoms with Crippen LogP contribution < -0.4 is 0 Å². The van der Waals surface area contributed by atoms with Crippen LogP contribution in [0.4, 0.5) is 0 Å². The van der Waals surface area contributed by atoms with Gasteiger partial charge in [-0.3, -0.25) is 5.10 Å². The minimum Gasteiger partial charge on any atom is -0.388 e. The SMILES string of the molecule is OCc1n[nH]c(=S)n1CC1(C2CC2)CC1. The van der Waals surface area contributed by atoms with E-state index in [1.54, 1.807) is 0 Å². The lowest BCUT2D eigenvalue weighted by Crippen LogP contribution is -2.16. The summed E-state index contributed by atoms with van der Waals surface area (Å²) < 4.78 is 2.62. The van der Waals surface area contributed by atoms with E-state index in [-0.39, 0.29) is 6.61 Å². The number of hydrogen-bond donors (Lipinski definition) is 2. The molecule has 0 aliphatic heterocycles. The smallest absolute Gasteiger partial charge is 0.195 e. The molecule has 0 atom stereocenters. The first-order valence-electron chi connectivity index (χ1n) is 5.50. The lowest BCUT2D eigenvalue weighted by Gasteiger charge is -2.15. The van der Waals surface area contributed by atoms with Gasteiger partial charge < -0.3 is 9.67 Å². The van der Waals surface area contributed by atoms with E-state index < -0.39 is 0 Å². The fourth-order valence-corrected chi connectivity index (χ4v) is 2.72. The predicted molar refractivity (Wildman–Crippen MR) is 57.7 cm³/mol. The van der Waals surface area contributed by atoms with Crippen molar-refractivity contribution in [1.82, 2.24) is 14.8 Å². The van der Waals surface area contributed by atoms with E-state index in [9.17, 15) is 0 Å². The molecule has 2 aliphatic carbocycles. The van der Waals surface area contributed by atoms with E-state index in [0.29, 0.717) is 16.0 Å². The van der Waals surface area contributed by atoms with Crippen molar-refractivity contribution in [2.24, 2.45) is 11.3 Å². The Labute approximate surface area is 93.3 Å². The average Bonchev–Trinajstić information content (AvgIpc) is 3.10. The Morgan fingerprint density at radius 3 is 2.80 bits per heavy atom. The first-order valence-corrected chi connectivity index (χ1v) is 5.91. The zero-order valence-electron chi connectivity index (χ0n) is 8.57. The van der Waals surface area contributed by atoms with Crippen molar-refractivity contribution in [2.75, 3.05) is 0 Å². The highest BCUT2D eigenvalue weighted by atomic mass is 32.1. The van der Waals surface area contributed by atoms with Gasteiger partial charge in [0.2, 0.25) is 0 Å². The lowest BCUT2D eigenvalue weighted by atomic mass is 10.0. The summed E-state index contributed by atoms with van der Waals surface area (Å²) in [5, 5.41) is 15.9. The second-order valence-electron chi connectivity index (χ2n) is 4.83. The molecule has 2 N–H and O–H groups in total. The van der Waals surface area contributed by atoms with Crippen LogP contribution in [0.5, 0.6) is 0 Å². The van der Waals surface area contributed by atoms with Gasteiger partial charge in [-0.1, -0.05) is 0 Å². The quantitative estimate of drug-likeness (QED) is 0.766. The molecular weight excluding hydrogens is 210 g/mol. The summed E-state index contributed by atoms with van der Waals surface area (Å²) in [4.78, 5) is 0. The van der Waals surface area contributed by atoms with Crippen LogP contribution in [0.3, 0.4) is 0 Å². The van der Waals surface area contributed by atoms with Gasteiger partial charge in [0.05, 0.1) is 0 Å². The largest absolute Gasteiger partial charge is 0.388 e. The molecule has 82 valence electrons. The molecule has 3 rings (SSSR count). The third-order valence-electron chi connectivity index (χ3n) is 3.79. The van der Waals surface area contributed by atoms with Crippen LogP contribution >= 0.6 is 12.2 Å². The Morgan fingerprint density at radius 2 is 2.27 bits per heavy atom. The number of H-pyrrole nitrogens is 1. The molecular formula is C10H15N3OS. The van der Waals surface area contributed by atoms with Crippen LogP contribution in [-0.4, -0.2) is 19.9 Å². The molecule has 0 aromatic carbocycles. The van der Waals surface area contributed by atoms with Crippen molar-refractivity contribution in [2.45, 2.75) is 38.8 Å². The summed E-state index contributed by atoms with van der Waals surface area (Å²) in [7, 11) is 0. The highest BCUT2D eigenvalue weighted by Gasteiger charge is 2.54. The molecule has 15 heavy (non-hydrogen) atoms. The lowest BCUT2D eigenvalue weighted by molar-refractivity contribution is 0.256. The van der Waals surface area contributed by atoms with Crippen LogP contribution in [0.15, 0.2) is 0 Å². The van der Waals surface area contributed by atoms with Gasteiger partial charge in [0.1, 0.15) is 6.61 Å². The predicted octanol–water partition coefficient (Wildman–Crippen LogP) is 1.62. The van der Waals surface area contributed by atoms with E-state index in [1.807, 2.05) is 4.57 Å². The monoisotopic (exact) mass is 225 g/mol. The number of aromatic nitrogens is 3. The van der Waals surface area contributed by atoms with Crippen molar-refractivity contribution in [3.05, 3.63) is 10.6 Å². The summed E-state index contributed by atoms with van der Waals surface area (Å²) in [5.74, 6) is 1.58. The number of rotatable bonds is 4. The topological polar surface area (TPSA) is 53.8 Å². The molecule has 1 aromatic heterocycles. The fourth-order valence-electron chi connectivity index (χ4n) is 2.50. The first kappa shape index (κ1) is 9.54. The molecule has 0 radical (unpaired) electrons. The maximum absolute atomic E-state index is 9.15. The van der Waals surface area contributed by atoms with Gasteiger partial charge in [0.15, 0.2) is 10.6 Å². The van der Waals surface area contributed by atoms with E-state index >= 15 is 0 Å². The zero-order chi connectivity index (χ0) is 10.5. The third kappa shape index (κ3) is 1.54. The molecule has 2 aliphatic rings. The molecule has 1 heterocycles. The minimum absolute atomic E-state index is 0.0338. The summed E-state index contributed by atoms with van der Waals surface area (Å²) in [6.07, 6.45) is 5.38. The fraction of sp³-hybridized carbons (Fsp3) is 0.800. The highest BCUT2D eigenvalue weighted by molar-refractivity contribution is 7.71. The van der Waals surface area contributed by atoms with E-state index in [0.717, 1.165) is 12.5 Å². The maximum Gasteiger partial charge on any atom is 0.195 e. The molecule has 0 unspecified atom stereocenters. The van der Waals surface area contributed by atoms with E-state index in [2.05, 4.69) is 10.2 Å². The summed E-state index contributed by atoms with van der Waals surface area (Å²) in [6.45, 7) is 0.913. The summed E-state index contributed by atoms with van der Waals surface area (Å²) in [5.41, 5.74) is 0.492. The molecule has 2 fully saturated rings. The highest BCUT2D eigenvalue weighted by Crippen LogP contribution is 2.62. The minimum atomic E-state index is -0.0338. The third-order valence-corrected chi connectivity index (χ3v) is 4.10. The van der Waals surface area contributed by atoms with Gasteiger partial charge in [-0.25, -0.2) is 0 Å². The molecule has 0 spiro atoms. The van der Waals surface area contributed by atoms with Crippen LogP contribution in [0.1, 0.15) is 31.5 Å². The molecule has 1 aromatic rings. The second-order valence-corrected chi connectivity index (χ2v) is 5.21. The average molecular weight is 225 g/mol. The maximum atomic E-state index is 9.15. The van der Waals surface area contributed by atoms with Gasteiger partial charge in [0, 0.05) is 6.54 Å². The van der Waals surface area contributed by atoms with Gasteiger partial charge in [-0.2, -0.15) is 5.10 Å². The Morgan fingerprint density at radius 1 is 1.53 bits per heavy atom. The van der Waals surface area contributed by atoms with Crippen molar-refractivity contribution in [3.8, 4) is 0 Å². The Kier molecular flexibility index (Phi) is 2.01. The van der Waals surface area contributed by atoms with Crippen molar-refractivity contribution in [1.29, 1.82) is 0 Å². The molecule has 0 saturated heterocycles. The Hall–Kier alpha value is -0.680. The van der Waals surface area contributed by atoms with Gasteiger partial charge in [-0.15, -0.1) is 0 Å². The first-order chi connectivity index (χ1) is 7.25. The number of aliphatic hydroxyl groups excluding tert-OH is 1. The van der Waals surface area contributed by atoms with E-state index in [4.69, 9.17) is 17.3 Å².